The molecular formula is C13H23ClN4O. The van der Waals surface area contributed by atoms with Crippen LogP contribution < -0.4 is 11.1 Å². The zero-order valence-electron chi connectivity index (χ0n) is 11.5. The Morgan fingerprint density at radius 2 is 2.16 bits per heavy atom. The van der Waals surface area contributed by atoms with Gasteiger partial charge in [0.25, 0.3) is 5.91 Å². The van der Waals surface area contributed by atoms with Crippen LogP contribution in [0.1, 0.15) is 61.6 Å². The molecule has 0 radical (unpaired) electrons. The topological polar surface area (TPSA) is 83.8 Å². The molecule has 19 heavy (non-hydrogen) atoms. The molecule has 108 valence electrons. The van der Waals surface area contributed by atoms with E-state index in [1.54, 1.807) is 0 Å². The molecule has 4 N–H and O–H groups in total. The van der Waals surface area contributed by atoms with E-state index >= 15 is 0 Å². The Morgan fingerprint density at radius 3 is 2.63 bits per heavy atom. The average Bonchev–Trinajstić information content (AvgIpc) is 2.98. The van der Waals surface area contributed by atoms with E-state index in [2.05, 4.69) is 29.4 Å². The Kier molecular flexibility index (Phi) is 5.38. The van der Waals surface area contributed by atoms with E-state index in [-0.39, 0.29) is 23.9 Å². The van der Waals surface area contributed by atoms with Gasteiger partial charge in [-0.2, -0.15) is 5.10 Å². The Morgan fingerprint density at radius 1 is 1.53 bits per heavy atom. The molecule has 2 rings (SSSR count). The second-order valence-electron chi connectivity index (χ2n) is 5.51. The molecule has 1 saturated carbocycles. The number of carbonyl (C=O) groups is 1. The second kappa shape index (κ2) is 6.39. The Bertz CT molecular complexity index is 424. The van der Waals surface area contributed by atoms with Gasteiger partial charge in [0, 0.05) is 12.2 Å². The van der Waals surface area contributed by atoms with Gasteiger partial charge >= 0.3 is 0 Å². The first-order chi connectivity index (χ1) is 8.56. The van der Waals surface area contributed by atoms with E-state index in [0.717, 1.165) is 31.4 Å². The molecule has 1 aromatic heterocycles. The van der Waals surface area contributed by atoms with Crippen molar-refractivity contribution < 1.29 is 4.79 Å². The molecule has 1 amide bonds. The van der Waals surface area contributed by atoms with Crippen molar-refractivity contribution in [1.82, 2.24) is 15.5 Å². The van der Waals surface area contributed by atoms with Gasteiger partial charge < -0.3 is 11.1 Å². The molecule has 1 aliphatic carbocycles. The van der Waals surface area contributed by atoms with Crippen LogP contribution in [-0.2, 0) is 0 Å². The number of hydrogen-bond acceptors (Lipinski definition) is 3. The SMILES string of the molecule is CC(C)c1cc(C(=O)NC2(CN)CCCC2)n[nH]1.Cl. The molecule has 6 heteroatoms. The minimum Gasteiger partial charge on any atom is -0.344 e. The van der Waals surface area contributed by atoms with Gasteiger partial charge in [-0.1, -0.05) is 26.7 Å². The number of amides is 1. The van der Waals surface area contributed by atoms with Gasteiger partial charge in [0.15, 0.2) is 0 Å². The Hall–Kier alpha value is -1.07. The lowest BCUT2D eigenvalue weighted by molar-refractivity contribution is 0.0898. The van der Waals surface area contributed by atoms with Crippen molar-refractivity contribution in [2.24, 2.45) is 5.73 Å². The maximum absolute atomic E-state index is 12.2. The third kappa shape index (κ3) is 3.48. The number of H-pyrrole nitrogens is 1. The zero-order valence-corrected chi connectivity index (χ0v) is 12.3. The predicted molar refractivity (Wildman–Crippen MR) is 77.6 cm³/mol. The Labute approximate surface area is 120 Å². The smallest absolute Gasteiger partial charge is 0.272 e. The number of aromatic amines is 1. The van der Waals surface area contributed by atoms with Gasteiger partial charge in [0.05, 0.1) is 5.54 Å². The van der Waals surface area contributed by atoms with Crippen molar-refractivity contribution in [1.29, 1.82) is 0 Å². The van der Waals surface area contributed by atoms with E-state index in [1.807, 2.05) is 6.07 Å². The Balaban J connectivity index is 0.00000180. The van der Waals surface area contributed by atoms with Crippen LogP contribution in [0.25, 0.3) is 0 Å². The highest BCUT2D eigenvalue weighted by molar-refractivity contribution is 5.93. The number of rotatable bonds is 4. The summed E-state index contributed by atoms with van der Waals surface area (Å²) in [6, 6.07) is 1.82. The molecule has 1 heterocycles. The van der Waals surface area contributed by atoms with E-state index < -0.39 is 0 Å². The van der Waals surface area contributed by atoms with Gasteiger partial charge in [-0.15, -0.1) is 12.4 Å². The van der Waals surface area contributed by atoms with Crippen molar-refractivity contribution in [3.63, 3.8) is 0 Å². The molecule has 0 aromatic carbocycles. The van der Waals surface area contributed by atoms with Crippen molar-refractivity contribution in [2.75, 3.05) is 6.54 Å². The molecule has 0 saturated heterocycles. The lowest BCUT2D eigenvalue weighted by atomic mass is 9.97. The molecular weight excluding hydrogens is 264 g/mol. The fourth-order valence-corrected chi connectivity index (χ4v) is 2.49. The largest absolute Gasteiger partial charge is 0.344 e. The second-order valence-corrected chi connectivity index (χ2v) is 5.51. The fourth-order valence-electron chi connectivity index (χ4n) is 2.49. The molecule has 5 nitrogen and oxygen atoms in total. The van der Waals surface area contributed by atoms with Crippen molar-refractivity contribution in [3.05, 3.63) is 17.5 Å². The molecule has 0 aliphatic heterocycles. The first-order valence-electron chi connectivity index (χ1n) is 6.64. The highest BCUT2D eigenvalue weighted by Crippen LogP contribution is 2.28. The number of aromatic nitrogens is 2. The van der Waals surface area contributed by atoms with Crippen LogP contribution in [0.3, 0.4) is 0 Å². The monoisotopic (exact) mass is 286 g/mol. The summed E-state index contributed by atoms with van der Waals surface area (Å²) >= 11 is 0. The first-order valence-corrected chi connectivity index (χ1v) is 6.64. The molecule has 1 aliphatic rings. The first kappa shape index (κ1) is 16.0. The number of nitrogens with one attached hydrogen (secondary N) is 2. The number of nitrogens with two attached hydrogens (primary N) is 1. The third-order valence-corrected chi connectivity index (χ3v) is 3.78. The number of carbonyl (C=O) groups excluding carboxylic acids is 1. The number of halogens is 1. The van der Waals surface area contributed by atoms with Crippen molar-refractivity contribution in [3.8, 4) is 0 Å². The molecule has 0 spiro atoms. The summed E-state index contributed by atoms with van der Waals surface area (Å²) < 4.78 is 0. The number of nitrogens with zero attached hydrogens (tertiary/aromatic N) is 1. The van der Waals surface area contributed by atoms with Crippen molar-refractivity contribution in [2.45, 2.75) is 51.0 Å². The van der Waals surface area contributed by atoms with E-state index in [9.17, 15) is 4.79 Å². The minimum absolute atomic E-state index is 0. The van der Waals surface area contributed by atoms with Gasteiger partial charge in [-0.05, 0) is 24.8 Å². The van der Waals surface area contributed by atoms with Crippen LogP contribution in [0, 0.1) is 0 Å². The molecule has 0 atom stereocenters. The highest BCUT2D eigenvalue weighted by Gasteiger charge is 2.34. The van der Waals surface area contributed by atoms with E-state index in [1.165, 1.54) is 0 Å². The third-order valence-electron chi connectivity index (χ3n) is 3.78. The summed E-state index contributed by atoms with van der Waals surface area (Å²) in [4.78, 5) is 12.2. The van der Waals surface area contributed by atoms with Gasteiger partial charge in [0.1, 0.15) is 5.69 Å². The standard InChI is InChI=1S/C13H22N4O.ClH/c1-9(2)10-7-11(17-16-10)12(18)15-13(8-14)5-3-4-6-13;/h7,9H,3-6,8,14H2,1-2H3,(H,15,18)(H,16,17);1H. The molecule has 0 unspecified atom stereocenters. The van der Waals surface area contributed by atoms with Crippen LogP contribution in [0.15, 0.2) is 6.07 Å². The van der Waals surface area contributed by atoms with Crippen LogP contribution in [-0.4, -0.2) is 28.2 Å². The maximum atomic E-state index is 12.2. The highest BCUT2D eigenvalue weighted by atomic mass is 35.5. The lowest BCUT2D eigenvalue weighted by Crippen LogP contribution is -2.51. The predicted octanol–water partition coefficient (Wildman–Crippen LogP) is 1.96. The summed E-state index contributed by atoms with van der Waals surface area (Å²) in [5.41, 5.74) is 7.03. The zero-order chi connectivity index (χ0) is 13.2. The average molecular weight is 287 g/mol. The minimum atomic E-state index is -0.214. The van der Waals surface area contributed by atoms with E-state index in [4.69, 9.17) is 5.73 Å². The summed E-state index contributed by atoms with van der Waals surface area (Å²) in [7, 11) is 0. The summed E-state index contributed by atoms with van der Waals surface area (Å²) in [5.74, 6) is 0.222. The summed E-state index contributed by atoms with van der Waals surface area (Å²) in [6.45, 7) is 4.63. The van der Waals surface area contributed by atoms with Crippen LogP contribution >= 0.6 is 12.4 Å². The van der Waals surface area contributed by atoms with Crippen LogP contribution in [0.5, 0.6) is 0 Å². The normalized spacial score (nSPS) is 17.3. The summed E-state index contributed by atoms with van der Waals surface area (Å²) in [5, 5.41) is 10.0. The van der Waals surface area contributed by atoms with Gasteiger partial charge in [0.2, 0.25) is 0 Å². The molecule has 0 bridgehead atoms. The van der Waals surface area contributed by atoms with E-state index in [0.29, 0.717) is 18.2 Å². The summed E-state index contributed by atoms with van der Waals surface area (Å²) in [6.07, 6.45) is 4.21. The molecule has 1 aromatic rings. The molecule has 1 fully saturated rings. The maximum Gasteiger partial charge on any atom is 0.272 e. The fraction of sp³-hybridized carbons (Fsp3) is 0.692. The van der Waals surface area contributed by atoms with Gasteiger partial charge in [-0.25, -0.2) is 0 Å². The number of hydrogen-bond donors (Lipinski definition) is 3. The van der Waals surface area contributed by atoms with Gasteiger partial charge in [-0.3, -0.25) is 9.89 Å². The van der Waals surface area contributed by atoms with Crippen molar-refractivity contribution >= 4 is 18.3 Å². The quantitative estimate of drug-likeness (QED) is 0.791. The lowest BCUT2D eigenvalue weighted by Gasteiger charge is -2.28. The van der Waals surface area contributed by atoms with Crippen LogP contribution in [0.4, 0.5) is 0 Å². The van der Waals surface area contributed by atoms with Crippen LogP contribution in [0.2, 0.25) is 0 Å².